The van der Waals surface area contributed by atoms with Crippen molar-refractivity contribution in [1.29, 1.82) is 0 Å². The van der Waals surface area contributed by atoms with E-state index in [1.54, 1.807) is 31.5 Å². The van der Waals surface area contributed by atoms with Crippen LogP contribution in [0.3, 0.4) is 0 Å². The highest BCUT2D eigenvalue weighted by atomic mass is 16.4. The third-order valence-electron chi connectivity index (χ3n) is 2.76. The molecule has 2 N–H and O–H groups in total. The van der Waals surface area contributed by atoms with Crippen LogP contribution in [-0.4, -0.2) is 26.0 Å². The molecule has 0 bridgehead atoms. The number of nitrogens with one attached hydrogen (secondary N) is 1. The molecule has 0 fully saturated rings. The van der Waals surface area contributed by atoms with Crippen molar-refractivity contribution in [3.63, 3.8) is 0 Å². The van der Waals surface area contributed by atoms with Crippen LogP contribution in [0.5, 0.6) is 0 Å². The molecule has 2 aromatic rings. The summed E-state index contributed by atoms with van der Waals surface area (Å²) in [5.74, 6) is -0.471. The number of carboxylic acids is 1. The van der Waals surface area contributed by atoms with Gasteiger partial charge in [0.1, 0.15) is 5.82 Å². The first-order valence-corrected chi connectivity index (χ1v) is 5.80. The molecule has 0 saturated carbocycles. The molecule has 0 radical (unpaired) electrons. The molecule has 0 aliphatic carbocycles. The Kier molecular flexibility index (Phi) is 3.70. The van der Waals surface area contributed by atoms with Crippen molar-refractivity contribution in [3.05, 3.63) is 46.1 Å². The minimum atomic E-state index is -0.933. The molecule has 2 rings (SSSR count). The van der Waals surface area contributed by atoms with E-state index in [-0.39, 0.29) is 18.4 Å². The topological polar surface area (TPSA) is 95.9 Å². The van der Waals surface area contributed by atoms with Gasteiger partial charge in [-0.2, -0.15) is 0 Å². The summed E-state index contributed by atoms with van der Waals surface area (Å²) in [7, 11) is 0. The maximum Gasteiger partial charge on any atom is 0.303 e. The smallest absolute Gasteiger partial charge is 0.303 e. The zero-order valence-corrected chi connectivity index (χ0v) is 10.4. The SMILES string of the molecule is Cc1nc(-c2ccncc2)[nH]c(=O)c1CCC(=O)O. The zero-order chi connectivity index (χ0) is 13.8. The molecule has 0 atom stereocenters. The zero-order valence-electron chi connectivity index (χ0n) is 10.4. The summed E-state index contributed by atoms with van der Waals surface area (Å²) in [6.07, 6.45) is 3.33. The van der Waals surface area contributed by atoms with Gasteiger partial charge in [-0.1, -0.05) is 0 Å². The van der Waals surface area contributed by atoms with E-state index in [0.29, 0.717) is 17.1 Å². The fourth-order valence-corrected chi connectivity index (χ4v) is 1.78. The van der Waals surface area contributed by atoms with E-state index in [1.807, 2.05) is 0 Å². The van der Waals surface area contributed by atoms with Gasteiger partial charge in [-0.05, 0) is 25.5 Å². The number of aryl methyl sites for hydroxylation is 1. The molecule has 6 nitrogen and oxygen atoms in total. The second-order valence-electron chi connectivity index (χ2n) is 4.11. The lowest BCUT2D eigenvalue weighted by Crippen LogP contribution is -2.18. The largest absolute Gasteiger partial charge is 0.481 e. The molecule has 6 heteroatoms. The number of H-pyrrole nitrogens is 1. The normalized spacial score (nSPS) is 10.4. The predicted octanol–water partition coefficient (Wildman–Crippen LogP) is 1.16. The molecule has 0 aliphatic heterocycles. The monoisotopic (exact) mass is 259 g/mol. The number of carbonyl (C=O) groups is 1. The molecule has 0 aromatic carbocycles. The fourth-order valence-electron chi connectivity index (χ4n) is 1.78. The standard InChI is InChI=1S/C13H13N3O3/c1-8-10(2-3-11(17)18)13(19)16-12(15-8)9-4-6-14-7-5-9/h4-7H,2-3H2,1H3,(H,17,18)(H,15,16,19). The molecule has 0 aliphatic rings. The third kappa shape index (κ3) is 3.04. The van der Waals surface area contributed by atoms with Gasteiger partial charge in [0.15, 0.2) is 0 Å². The van der Waals surface area contributed by atoms with Crippen molar-refractivity contribution in [2.24, 2.45) is 0 Å². The van der Waals surface area contributed by atoms with E-state index in [0.717, 1.165) is 5.56 Å². The highest BCUT2D eigenvalue weighted by Gasteiger charge is 2.10. The Morgan fingerprint density at radius 3 is 2.63 bits per heavy atom. The minimum Gasteiger partial charge on any atom is -0.481 e. The first kappa shape index (κ1) is 12.9. The van der Waals surface area contributed by atoms with Gasteiger partial charge in [-0.15, -0.1) is 0 Å². The highest BCUT2D eigenvalue weighted by Crippen LogP contribution is 2.13. The van der Waals surface area contributed by atoms with Crippen LogP contribution in [0.2, 0.25) is 0 Å². The number of rotatable bonds is 4. The van der Waals surface area contributed by atoms with Crippen molar-refractivity contribution < 1.29 is 9.90 Å². The average Bonchev–Trinajstić information content (AvgIpc) is 2.38. The van der Waals surface area contributed by atoms with Gasteiger partial charge in [-0.25, -0.2) is 4.98 Å². The first-order chi connectivity index (χ1) is 9.08. The Hall–Kier alpha value is -2.50. The van der Waals surface area contributed by atoms with Gasteiger partial charge in [0.25, 0.3) is 5.56 Å². The van der Waals surface area contributed by atoms with Crippen molar-refractivity contribution in [2.75, 3.05) is 0 Å². The molecular weight excluding hydrogens is 246 g/mol. The van der Waals surface area contributed by atoms with Crippen molar-refractivity contribution >= 4 is 5.97 Å². The molecule has 0 spiro atoms. The maximum atomic E-state index is 11.9. The molecule has 19 heavy (non-hydrogen) atoms. The van der Waals surface area contributed by atoms with Crippen molar-refractivity contribution in [2.45, 2.75) is 19.8 Å². The number of aliphatic carboxylic acids is 1. The van der Waals surface area contributed by atoms with Crippen LogP contribution in [0, 0.1) is 6.92 Å². The lowest BCUT2D eigenvalue weighted by molar-refractivity contribution is -0.136. The van der Waals surface area contributed by atoms with E-state index in [1.165, 1.54) is 0 Å². The molecule has 2 aromatic heterocycles. The second-order valence-corrected chi connectivity index (χ2v) is 4.11. The fraction of sp³-hybridized carbons (Fsp3) is 0.231. The van der Waals surface area contributed by atoms with Crippen LogP contribution < -0.4 is 5.56 Å². The van der Waals surface area contributed by atoms with Crippen LogP contribution >= 0.6 is 0 Å². The molecule has 98 valence electrons. The van der Waals surface area contributed by atoms with Crippen LogP contribution in [-0.2, 0) is 11.2 Å². The molecule has 2 heterocycles. The number of aromatic nitrogens is 3. The Morgan fingerprint density at radius 1 is 1.37 bits per heavy atom. The lowest BCUT2D eigenvalue weighted by atomic mass is 10.1. The molecule has 0 unspecified atom stereocenters. The summed E-state index contributed by atoms with van der Waals surface area (Å²) >= 11 is 0. The van der Waals surface area contributed by atoms with Gasteiger partial charge < -0.3 is 10.1 Å². The maximum absolute atomic E-state index is 11.9. The summed E-state index contributed by atoms with van der Waals surface area (Å²) in [4.78, 5) is 33.4. The number of hydrogen-bond donors (Lipinski definition) is 2. The predicted molar refractivity (Wildman–Crippen MR) is 68.8 cm³/mol. The summed E-state index contributed by atoms with van der Waals surface area (Å²) < 4.78 is 0. The van der Waals surface area contributed by atoms with Gasteiger partial charge >= 0.3 is 5.97 Å². The van der Waals surface area contributed by atoms with Crippen molar-refractivity contribution in [1.82, 2.24) is 15.0 Å². The number of hydrogen-bond acceptors (Lipinski definition) is 4. The van der Waals surface area contributed by atoms with E-state index in [9.17, 15) is 9.59 Å². The lowest BCUT2D eigenvalue weighted by Gasteiger charge is -2.06. The number of nitrogens with zero attached hydrogens (tertiary/aromatic N) is 2. The molecular formula is C13H13N3O3. The second kappa shape index (κ2) is 5.43. The van der Waals surface area contributed by atoms with Crippen LogP contribution in [0.1, 0.15) is 17.7 Å². The Morgan fingerprint density at radius 2 is 2.05 bits per heavy atom. The summed E-state index contributed by atoms with van der Waals surface area (Å²) in [6, 6.07) is 3.49. The minimum absolute atomic E-state index is 0.0831. The Balaban J connectivity index is 2.37. The van der Waals surface area contributed by atoms with Crippen LogP contribution in [0.15, 0.2) is 29.3 Å². The summed E-state index contributed by atoms with van der Waals surface area (Å²) in [5.41, 5.74) is 1.44. The Bertz CT molecular complexity index is 650. The highest BCUT2D eigenvalue weighted by molar-refractivity contribution is 5.67. The summed E-state index contributed by atoms with van der Waals surface area (Å²) in [5, 5.41) is 8.65. The van der Waals surface area contributed by atoms with E-state index < -0.39 is 5.97 Å². The molecule has 0 amide bonds. The summed E-state index contributed by atoms with van der Waals surface area (Å²) in [6.45, 7) is 1.71. The van der Waals surface area contributed by atoms with Gasteiger partial charge in [-0.3, -0.25) is 14.6 Å². The number of aromatic amines is 1. The van der Waals surface area contributed by atoms with Crippen LogP contribution in [0.4, 0.5) is 0 Å². The number of pyridine rings is 1. The van der Waals surface area contributed by atoms with Crippen LogP contribution in [0.25, 0.3) is 11.4 Å². The van der Waals surface area contributed by atoms with E-state index in [4.69, 9.17) is 5.11 Å². The average molecular weight is 259 g/mol. The Labute approximate surface area is 109 Å². The number of carboxylic acid groups (broad SMARTS) is 1. The quantitative estimate of drug-likeness (QED) is 0.858. The van der Waals surface area contributed by atoms with Crippen molar-refractivity contribution in [3.8, 4) is 11.4 Å². The first-order valence-electron chi connectivity index (χ1n) is 5.80. The van der Waals surface area contributed by atoms with E-state index >= 15 is 0 Å². The van der Waals surface area contributed by atoms with E-state index in [2.05, 4.69) is 15.0 Å². The van der Waals surface area contributed by atoms with Gasteiger partial charge in [0.2, 0.25) is 0 Å². The molecule has 0 saturated heterocycles. The third-order valence-corrected chi connectivity index (χ3v) is 2.76. The van der Waals surface area contributed by atoms with Gasteiger partial charge in [0, 0.05) is 35.6 Å². The van der Waals surface area contributed by atoms with Gasteiger partial charge in [0.05, 0.1) is 0 Å².